The Bertz CT molecular complexity index is 851. The number of urea groups is 1. The minimum absolute atomic E-state index is 0.00440. The van der Waals surface area contributed by atoms with E-state index in [9.17, 15) is 9.59 Å². The van der Waals surface area contributed by atoms with E-state index in [0.29, 0.717) is 32.6 Å². The summed E-state index contributed by atoms with van der Waals surface area (Å²) in [6.07, 6.45) is 0.0939. The normalized spacial score (nSPS) is 17.7. The lowest BCUT2D eigenvalue weighted by atomic mass is 10.1. The third-order valence-electron chi connectivity index (χ3n) is 4.88. The standard InChI is InChI=1S/C19H23N5O3/c1-22(2)19(26)23-7-8-24-15(12-23)10-14(21-24)11-20-18(25)17-9-13-5-3-4-6-16(13)27-17/h3-6,10,17H,7-9,11-12H2,1-2H3,(H,20,25)/t17-/m1/s1. The second-order valence-corrected chi connectivity index (χ2v) is 7.08. The molecule has 0 radical (unpaired) electrons. The molecule has 0 unspecified atom stereocenters. The van der Waals surface area contributed by atoms with Crippen LogP contribution in [0.4, 0.5) is 4.79 Å². The minimum Gasteiger partial charge on any atom is -0.480 e. The van der Waals surface area contributed by atoms with Crippen molar-refractivity contribution in [3.05, 3.63) is 47.3 Å². The third kappa shape index (κ3) is 3.47. The fraction of sp³-hybridized carbons (Fsp3) is 0.421. The highest BCUT2D eigenvalue weighted by Crippen LogP contribution is 2.28. The number of carbonyl (C=O) groups is 2. The van der Waals surface area contributed by atoms with Crippen molar-refractivity contribution in [1.29, 1.82) is 0 Å². The summed E-state index contributed by atoms with van der Waals surface area (Å²) < 4.78 is 7.62. The monoisotopic (exact) mass is 369 g/mol. The van der Waals surface area contributed by atoms with E-state index in [4.69, 9.17) is 4.74 Å². The Morgan fingerprint density at radius 2 is 2.11 bits per heavy atom. The van der Waals surface area contributed by atoms with Crippen LogP contribution in [0.5, 0.6) is 5.75 Å². The SMILES string of the molecule is CN(C)C(=O)N1CCn2nc(CNC(=O)[C@H]3Cc4ccccc4O3)cc2C1. The first-order chi connectivity index (χ1) is 13.0. The van der Waals surface area contributed by atoms with E-state index in [0.717, 1.165) is 22.7 Å². The molecule has 2 aliphatic heterocycles. The number of nitrogens with one attached hydrogen (secondary N) is 1. The van der Waals surface area contributed by atoms with Gasteiger partial charge in [0, 0.05) is 27.1 Å². The van der Waals surface area contributed by atoms with Gasteiger partial charge in [-0.2, -0.15) is 5.10 Å². The van der Waals surface area contributed by atoms with Crippen molar-refractivity contribution in [1.82, 2.24) is 24.9 Å². The number of ether oxygens (including phenoxy) is 1. The zero-order valence-electron chi connectivity index (χ0n) is 15.5. The molecule has 1 aromatic carbocycles. The van der Waals surface area contributed by atoms with Crippen LogP contribution in [0.3, 0.4) is 0 Å². The fourth-order valence-corrected chi connectivity index (χ4v) is 3.48. The van der Waals surface area contributed by atoms with Crippen LogP contribution in [0.25, 0.3) is 0 Å². The van der Waals surface area contributed by atoms with Crippen LogP contribution in [0, 0.1) is 0 Å². The quantitative estimate of drug-likeness (QED) is 0.875. The lowest BCUT2D eigenvalue weighted by Crippen LogP contribution is -2.43. The van der Waals surface area contributed by atoms with E-state index >= 15 is 0 Å². The minimum atomic E-state index is -0.493. The molecule has 2 aromatic rings. The van der Waals surface area contributed by atoms with Crippen LogP contribution in [-0.4, -0.2) is 58.3 Å². The Kier molecular flexibility index (Phi) is 4.47. The molecule has 3 heterocycles. The number of nitrogens with zero attached hydrogens (tertiary/aromatic N) is 4. The van der Waals surface area contributed by atoms with Crippen LogP contribution < -0.4 is 10.1 Å². The molecule has 0 saturated carbocycles. The molecule has 0 spiro atoms. The highest BCUT2D eigenvalue weighted by atomic mass is 16.5. The molecule has 142 valence electrons. The van der Waals surface area contributed by atoms with E-state index < -0.39 is 6.10 Å². The van der Waals surface area contributed by atoms with Crippen molar-refractivity contribution in [2.24, 2.45) is 0 Å². The Hall–Kier alpha value is -3.03. The van der Waals surface area contributed by atoms with Gasteiger partial charge in [0.15, 0.2) is 6.10 Å². The summed E-state index contributed by atoms with van der Waals surface area (Å²) in [6.45, 7) is 2.16. The number of amides is 3. The molecule has 0 aliphatic carbocycles. The molecule has 1 aromatic heterocycles. The second kappa shape index (κ2) is 6.94. The Morgan fingerprint density at radius 1 is 1.30 bits per heavy atom. The molecule has 0 fully saturated rings. The number of aromatic nitrogens is 2. The highest BCUT2D eigenvalue weighted by molar-refractivity contribution is 5.82. The number of hydrogen-bond acceptors (Lipinski definition) is 4. The van der Waals surface area contributed by atoms with Crippen LogP contribution in [0.15, 0.2) is 30.3 Å². The molecule has 8 heteroatoms. The number of rotatable bonds is 3. The molecule has 4 rings (SSSR count). The lowest BCUT2D eigenvalue weighted by Gasteiger charge is -2.29. The van der Waals surface area contributed by atoms with Gasteiger partial charge in [-0.05, 0) is 17.7 Å². The molecule has 1 N–H and O–H groups in total. The van der Waals surface area contributed by atoms with Crippen LogP contribution >= 0.6 is 0 Å². The first kappa shape index (κ1) is 17.4. The van der Waals surface area contributed by atoms with Crippen LogP contribution in [0.1, 0.15) is 17.0 Å². The van der Waals surface area contributed by atoms with Gasteiger partial charge in [-0.3, -0.25) is 9.48 Å². The van der Waals surface area contributed by atoms with E-state index in [-0.39, 0.29) is 11.9 Å². The predicted octanol–water partition coefficient (Wildman–Crippen LogP) is 1.00. The first-order valence-corrected chi connectivity index (χ1v) is 9.05. The van der Waals surface area contributed by atoms with Gasteiger partial charge in [0.2, 0.25) is 0 Å². The van der Waals surface area contributed by atoms with Gasteiger partial charge >= 0.3 is 6.03 Å². The second-order valence-electron chi connectivity index (χ2n) is 7.08. The van der Waals surface area contributed by atoms with Crippen molar-refractivity contribution in [3.63, 3.8) is 0 Å². The summed E-state index contributed by atoms with van der Waals surface area (Å²) in [4.78, 5) is 27.9. The molecule has 8 nitrogen and oxygen atoms in total. The average molecular weight is 369 g/mol. The maximum absolute atomic E-state index is 12.4. The van der Waals surface area contributed by atoms with Gasteiger partial charge in [-0.15, -0.1) is 0 Å². The number of carbonyl (C=O) groups excluding carboxylic acids is 2. The molecule has 3 amide bonds. The van der Waals surface area contributed by atoms with Crippen LogP contribution in [0.2, 0.25) is 0 Å². The topological polar surface area (TPSA) is 79.7 Å². The van der Waals surface area contributed by atoms with Gasteiger partial charge in [0.05, 0.1) is 31.0 Å². The van der Waals surface area contributed by atoms with Crippen molar-refractivity contribution < 1.29 is 14.3 Å². The van der Waals surface area contributed by atoms with E-state index in [2.05, 4.69) is 10.4 Å². The Balaban J connectivity index is 1.34. The summed E-state index contributed by atoms with van der Waals surface area (Å²) in [6, 6.07) is 9.65. The fourth-order valence-electron chi connectivity index (χ4n) is 3.48. The Labute approximate surface area is 157 Å². The summed E-state index contributed by atoms with van der Waals surface area (Å²) in [5.74, 6) is 0.641. The molecule has 0 saturated heterocycles. The average Bonchev–Trinajstić information content (AvgIpc) is 3.28. The highest BCUT2D eigenvalue weighted by Gasteiger charge is 2.29. The lowest BCUT2D eigenvalue weighted by molar-refractivity contribution is -0.127. The molecule has 27 heavy (non-hydrogen) atoms. The van der Waals surface area contributed by atoms with Gasteiger partial charge in [0.25, 0.3) is 5.91 Å². The predicted molar refractivity (Wildman–Crippen MR) is 98.1 cm³/mol. The zero-order chi connectivity index (χ0) is 19.0. The molecule has 0 bridgehead atoms. The van der Waals surface area contributed by atoms with Crippen molar-refractivity contribution in [2.45, 2.75) is 32.2 Å². The largest absolute Gasteiger partial charge is 0.480 e. The van der Waals surface area contributed by atoms with Gasteiger partial charge < -0.3 is 19.9 Å². The smallest absolute Gasteiger partial charge is 0.319 e. The Morgan fingerprint density at radius 3 is 2.89 bits per heavy atom. The van der Waals surface area contributed by atoms with E-state index in [1.165, 1.54) is 0 Å². The first-order valence-electron chi connectivity index (χ1n) is 9.05. The van der Waals surface area contributed by atoms with E-state index in [1.54, 1.807) is 23.9 Å². The molecular weight excluding hydrogens is 346 g/mol. The molecule has 1 atom stereocenters. The summed E-state index contributed by atoms with van der Waals surface area (Å²) in [7, 11) is 3.50. The number of para-hydroxylation sites is 1. The maximum Gasteiger partial charge on any atom is 0.319 e. The molecule has 2 aliphatic rings. The van der Waals surface area contributed by atoms with Gasteiger partial charge in [-0.25, -0.2) is 4.79 Å². The van der Waals surface area contributed by atoms with Crippen molar-refractivity contribution in [3.8, 4) is 5.75 Å². The third-order valence-corrected chi connectivity index (χ3v) is 4.88. The van der Waals surface area contributed by atoms with Crippen molar-refractivity contribution in [2.75, 3.05) is 20.6 Å². The van der Waals surface area contributed by atoms with Gasteiger partial charge in [-0.1, -0.05) is 18.2 Å². The number of hydrogen-bond donors (Lipinski definition) is 1. The summed E-state index contributed by atoms with van der Waals surface area (Å²) >= 11 is 0. The summed E-state index contributed by atoms with van der Waals surface area (Å²) in [5, 5.41) is 7.45. The maximum atomic E-state index is 12.4. The van der Waals surface area contributed by atoms with E-state index in [1.807, 2.05) is 35.0 Å². The van der Waals surface area contributed by atoms with Crippen LogP contribution in [-0.2, 0) is 30.8 Å². The summed E-state index contributed by atoms with van der Waals surface area (Å²) in [5.41, 5.74) is 2.82. The molecular formula is C19H23N5O3. The van der Waals surface area contributed by atoms with Crippen molar-refractivity contribution >= 4 is 11.9 Å². The zero-order valence-corrected chi connectivity index (χ0v) is 15.5. The number of fused-ring (bicyclic) bond motifs is 2. The number of benzene rings is 1. The van der Waals surface area contributed by atoms with Gasteiger partial charge in [0.1, 0.15) is 5.75 Å².